The van der Waals surface area contributed by atoms with Crippen molar-refractivity contribution in [1.29, 1.82) is 0 Å². The van der Waals surface area contributed by atoms with Gasteiger partial charge in [-0.1, -0.05) is 30.3 Å². The first-order valence-corrected chi connectivity index (χ1v) is 6.71. The third-order valence-corrected chi connectivity index (χ3v) is 3.48. The molecule has 0 aliphatic heterocycles. The molecule has 0 aliphatic rings. The molecule has 0 fully saturated rings. The molecule has 1 heterocycles. The number of amides is 1. The number of hydrogen-bond donors (Lipinski definition) is 1. The largest absolute Gasteiger partial charge is 0.360 e. The number of aromatic nitrogens is 1. The molecule has 0 saturated heterocycles. The van der Waals surface area contributed by atoms with Crippen LogP contribution in [0.15, 0.2) is 54.7 Å². The quantitative estimate of drug-likeness (QED) is 0.783. The van der Waals surface area contributed by atoms with Crippen molar-refractivity contribution in [3.63, 3.8) is 0 Å². The minimum Gasteiger partial charge on any atom is -0.360 e. The van der Waals surface area contributed by atoms with Crippen molar-refractivity contribution in [3.8, 4) is 0 Å². The van der Waals surface area contributed by atoms with Crippen molar-refractivity contribution in [2.24, 2.45) is 0 Å². The minimum atomic E-state index is -0.345. The van der Waals surface area contributed by atoms with E-state index in [9.17, 15) is 9.18 Å². The van der Waals surface area contributed by atoms with Gasteiger partial charge in [0, 0.05) is 30.7 Å². The van der Waals surface area contributed by atoms with E-state index in [4.69, 9.17) is 0 Å². The number of halogens is 1. The Morgan fingerprint density at radius 2 is 1.95 bits per heavy atom. The fourth-order valence-electron chi connectivity index (χ4n) is 2.40. The summed E-state index contributed by atoms with van der Waals surface area (Å²) in [6.07, 6.45) is 1.63. The Morgan fingerprint density at radius 1 is 1.19 bits per heavy atom. The van der Waals surface area contributed by atoms with Gasteiger partial charge in [-0.3, -0.25) is 4.79 Å². The maximum Gasteiger partial charge on any atom is 0.256 e. The van der Waals surface area contributed by atoms with E-state index in [1.165, 1.54) is 12.1 Å². The number of carbonyl (C=O) groups excluding carboxylic acids is 1. The molecule has 3 aromatic rings. The van der Waals surface area contributed by atoms with Crippen LogP contribution in [0.1, 0.15) is 15.9 Å². The predicted molar refractivity (Wildman–Crippen MR) is 80.5 cm³/mol. The molecule has 0 radical (unpaired) electrons. The van der Waals surface area contributed by atoms with Crippen LogP contribution >= 0.6 is 0 Å². The second-order valence-corrected chi connectivity index (χ2v) is 5.04. The first-order valence-electron chi connectivity index (χ1n) is 6.71. The molecule has 106 valence electrons. The molecule has 2 aromatic carbocycles. The van der Waals surface area contributed by atoms with Gasteiger partial charge in [0.1, 0.15) is 5.82 Å². The lowest BCUT2D eigenvalue weighted by molar-refractivity contribution is 0.0787. The summed E-state index contributed by atoms with van der Waals surface area (Å²) in [7, 11) is 1.74. The summed E-state index contributed by atoms with van der Waals surface area (Å²) in [6.45, 7) is 0.516. The molecule has 1 N–H and O–H groups in total. The standard InChI is InChI=1S/C17H15FN2O/c1-20(11-12-5-3-2-4-6-12)17(21)15-10-19-16-8-7-13(18)9-14(15)16/h2-10,19H,11H2,1H3. The van der Waals surface area contributed by atoms with Crippen molar-refractivity contribution in [1.82, 2.24) is 9.88 Å². The average Bonchev–Trinajstić information content (AvgIpc) is 2.90. The zero-order valence-electron chi connectivity index (χ0n) is 11.6. The molecule has 0 unspecified atom stereocenters. The molecule has 0 aliphatic carbocycles. The van der Waals surface area contributed by atoms with Crippen LogP contribution in [0, 0.1) is 5.82 Å². The number of nitrogens with one attached hydrogen (secondary N) is 1. The predicted octanol–water partition coefficient (Wildman–Crippen LogP) is 3.58. The van der Waals surface area contributed by atoms with Gasteiger partial charge in [0.2, 0.25) is 0 Å². The van der Waals surface area contributed by atoms with Crippen LogP contribution < -0.4 is 0 Å². The van der Waals surface area contributed by atoms with Gasteiger partial charge in [-0.25, -0.2) is 4.39 Å². The van der Waals surface area contributed by atoms with Crippen LogP contribution in [0.5, 0.6) is 0 Å². The lowest BCUT2D eigenvalue weighted by Crippen LogP contribution is -2.25. The molecular formula is C17H15FN2O. The van der Waals surface area contributed by atoms with Gasteiger partial charge in [0.05, 0.1) is 5.56 Å². The highest BCUT2D eigenvalue weighted by Gasteiger charge is 2.16. The average molecular weight is 282 g/mol. The first-order chi connectivity index (χ1) is 10.1. The zero-order chi connectivity index (χ0) is 14.8. The van der Waals surface area contributed by atoms with Crippen molar-refractivity contribution in [3.05, 3.63) is 71.7 Å². The second-order valence-electron chi connectivity index (χ2n) is 5.04. The van der Waals surface area contributed by atoms with Gasteiger partial charge in [-0.2, -0.15) is 0 Å². The second kappa shape index (κ2) is 5.40. The maximum absolute atomic E-state index is 13.4. The Bertz CT molecular complexity index is 780. The summed E-state index contributed by atoms with van der Waals surface area (Å²) in [5.74, 6) is -0.474. The number of carbonyl (C=O) groups is 1. The molecule has 0 saturated carbocycles. The summed E-state index contributed by atoms with van der Waals surface area (Å²) in [5.41, 5.74) is 2.30. The lowest BCUT2D eigenvalue weighted by Gasteiger charge is -2.16. The van der Waals surface area contributed by atoms with Gasteiger partial charge in [0.25, 0.3) is 5.91 Å². The van der Waals surface area contributed by atoms with Gasteiger partial charge in [-0.15, -0.1) is 0 Å². The van der Waals surface area contributed by atoms with Crippen molar-refractivity contribution in [2.75, 3.05) is 7.05 Å². The minimum absolute atomic E-state index is 0.129. The molecule has 1 amide bonds. The van der Waals surface area contributed by atoms with E-state index in [0.717, 1.165) is 11.1 Å². The summed E-state index contributed by atoms with van der Waals surface area (Å²) in [4.78, 5) is 17.1. The first kappa shape index (κ1) is 13.4. The topological polar surface area (TPSA) is 36.1 Å². The number of benzene rings is 2. The van der Waals surface area contributed by atoms with Gasteiger partial charge in [-0.05, 0) is 23.8 Å². The van der Waals surface area contributed by atoms with Gasteiger partial charge < -0.3 is 9.88 Å². The maximum atomic E-state index is 13.4. The zero-order valence-corrected chi connectivity index (χ0v) is 11.6. The van der Waals surface area contributed by atoms with Crippen LogP contribution in [0.4, 0.5) is 4.39 Å². The van der Waals surface area contributed by atoms with E-state index >= 15 is 0 Å². The van der Waals surface area contributed by atoms with E-state index in [2.05, 4.69) is 4.98 Å². The van der Waals surface area contributed by atoms with E-state index in [1.54, 1.807) is 24.2 Å². The molecule has 21 heavy (non-hydrogen) atoms. The highest BCUT2D eigenvalue weighted by molar-refractivity contribution is 6.06. The molecule has 0 bridgehead atoms. The third-order valence-electron chi connectivity index (χ3n) is 3.48. The molecule has 1 aromatic heterocycles. The van der Waals surface area contributed by atoms with Crippen LogP contribution in [0.25, 0.3) is 10.9 Å². The molecule has 3 rings (SSSR count). The highest BCUT2D eigenvalue weighted by Crippen LogP contribution is 2.21. The molecule has 0 spiro atoms. The van der Waals surface area contributed by atoms with Crippen molar-refractivity contribution < 1.29 is 9.18 Å². The summed E-state index contributed by atoms with van der Waals surface area (Å²) in [6, 6.07) is 14.2. The fourth-order valence-corrected chi connectivity index (χ4v) is 2.40. The Kier molecular flexibility index (Phi) is 3.44. The number of H-pyrrole nitrogens is 1. The number of aromatic amines is 1. The van der Waals surface area contributed by atoms with E-state index < -0.39 is 0 Å². The Hall–Kier alpha value is -2.62. The molecule has 3 nitrogen and oxygen atoms in total. The van der Waals surface area contributed by atoms with Crippen LogP contribution in [-0.4, -0.2) is 22.8 Å². The van der Waals surface area contributed by atoms with Crippen LogP contribution in [0.2, 0.25) is 0 Å². The Labute approximate surface area is 122 Å². The Balaban J connectivity index is 1.88. The smallest absolute Gasteiger partial charge is 0.256 e. The normalized spacial score (nSPS) is 10.8. The lowest BCUT2D eigenvalue weighted by atomic mass is 10.1. The molecule has 4 heteroatoms. The van der Waals surface area contributed by atoms with Gasteiger partial charge >= 0.3 is 0 Å². The summed E-state index contributed by atoms with van der Waals surface area (Å²) in [5, 5.41) is 0.611. The molecular weight excluding hydrogens is 267 g/mol. The SMILES string of the molecule is CN(Cc1ccccc1)C(=O)c1c[nH]c2ccc(F)cc12. The number of hydrogen-bond acceptors (Lipinski definition) is 1. The van der Waals surface area contributed by atoms with Crippen LogP contribution in [-0.2, 0) is 6.54 Å². The summed E-state index contributed by atoms with van der Waals surface area (Å²) < 4.78 is 13.4. The highest BCUT2D eigenvalue weighted by atomic mass is 19.1. The summed E-state index contributed by atoms with van der Waals surface area (Å²) >= 11 is 0. The number of rotatable bonds is 3. The van der Waals surface area contributed by atoms with Crippen LogP contribution in [0.3, 0.4) is 0 Å². The third kappa shape index (κ3) is 2.65. The monoisotopic (exact) mass is 282 g/mol. The molecule has 0 atom stereocenters. The fraction of sp³-hybridized carbons (Fsp3) is 0.118. The van der Waals surface area contributed by atoms with Crippen molar-refractivity contribution in [2.45, 2.75) is 6.54 Å². The number of nitrogens with zero attached hydrogens (tertiary/aromatic N) is 1. The van der Waals surface area contributed by atoms with Gasteiger partial charge in [0.15, 0.2) is 0 Å². The van der Waals surface area contributed by atoms with Crippen molar-refractivity contribution >= 4 is 16.8 Å². The van der Waals surface area contributed by atoms with E-state index in [1.807, 2.05) is 30.3 Å². The van der Waals surface area contributed by atoms with E-state index in [0.29, 0.717) is 17.5 Å². The van der Waals surface area contributed by atoms with E-state index in [-0.39, 0.29) is 11.7 Å². The number of fused-ring (bicyclic) bond motifs is 1. The Morgan fingerprint density at radius 3 is 2.71 bits per heavy atom.